The molecular formula is C27H33NO2. The number of ether oxygens (including phenoxy) is 1. The largest absolute Gasteiger partial charge is 0.492 e. The zero-order valence-corrected chi connectivity index (χ0v) is 18.3. The fraction of sp³-hybridized carbons (Fsp3) is 0.333. The van der Waals surface area contributed by atoms with Gasteiger partial charge in [-0.3, -0.25) is 0 Å². The molecule has 30 heavy (non-hydrogen) atoms. The molecule has 3 aromatic rings. The van der Waals surface area contributed by atoms with Crippen LogP contribution in [-0.2, 0) is 12.0 Å². The first-order chi connectivity index (χ1) is 14.5. The van der Waals surface area contributed by atoms with Crippen LogP contribution >= 0.6 is 0 Å². The Morgan fingerprint density at radius 3 is 2.00 bits per heavy atom. The van der Waals surface area contributed by atoms with E-state index in [4.69, 9.17) is 4.74 Å². The van der Waals surface area contributed by atoms with Crippen molar-refractivity contribution in [2.24, 2.45) is 0 Å². The third-order valence-corrected chi connectivity index (χ3v) is 5.73. The van der Waals surface area contributed by atoms with Crippen LogP contribution in [0.15, 0.2) is 78.9 Å². The molecular weight excluding hydrogens is 370 g/mol. The van der Waals surface area contributed by atoms with Crippen LogP contribution in [0.3, 0.4) is 0 Å². The van der Waals surface area contributed by atoms with E-state index in [0.29, 0.717) is 13.0 Å². The van der Waals surface area contributed by atoms with E-state index in [2.05, 4.69) is 49.9 Å². The van der Waals surface area contributed by atoms with Gasteiger partial charge in [-0.25, -0.2) is 0 Å². The molecule has 0 spiro atoms. The highest BCUT2D eigenvalue weighted by Crippen LogP contribution is 2.34. The molecule has 0 amide bonds. The van der Waals surface area contributed by atoms with Gasteiger partial charge in [-0.2, -0.15) is 0 Å². The summed E-state index contributed by atoms with van der Waals surface area (Å²) in [6.45, 7) is 10.0. The molecule has 0 bridgehead atoms. The first-order valence-electron chi connectivity index (χ1n) is 10.8. The quantitative estimate of drug-likeness (QED) is 0.505. The van der Waals surface area contributed by atoms with E-state index in [0.717, 1.165) is 42.1 Å². The molecule has 3 rings (SSSR count). The predicted octanol–water partition coefficient (Wildman–Crippen LogP) is 5.19. The monoisotopic (exact) mass is 403 g/mol. The number of benzene rings is 3. The van der Waals surface area contributed by atoms with Crippen molar-refractivity contribution in [2.45, 2.75) is 32.8 Å². The lowest BCUT2D eigenvalue weighted by Crippen LogP contribution is -2.30. The number of hydrogen-bond acceptors (Lipinski definition) is 3. The van der Waals surface area contributed by atoms with Crippen molar-refractivity contribution in [1.29, 1.82) is 0 Å². The number of aliphatic hydroxyl groups is 1. The Morgan fingerprint density at radius 1 is 0.800 bits per heavy atom. The lowest BCUT2D eigenvalue weighted by Gasteiger charge is -2.30. The maximum absolute atomic E-state index is 11.8. The summed E-state index contributed by atoms with van der Waals surface area (Å²) in [4.78, 5) is 2.34. The molecule has 0 saturated heterocycles. The first-order valence-corrected chi connectivity index (χ1v) is 10.8. The number of aryl methyl sites for hydroxylation is 1. The maximum atomic E-state index is 11.8. The molecule has 0 aromatic heterocycles. The van der Waals surface area contributed by atoms with E-state index >= 15 is 0 Å². The average molecular weight is 404 g/mol. The molecule has 0 heterocycles. The summed E-state index contributed by atoms with van der Waals surface area (Å²) in [6.07, 6.45) is 0.513. The third kappa shape index (κ3) is 5.50. The Hall–Kier alpha value is -2.62. The van der Waals surface area contributed by atoms with Gasteiger partial charge < -0.3 is 14.7 Å². The van der Waals surface area contributed by atoms with Crippen LogP contribution in [0, 0.1) is 6.92 Å². The summed E-state index contributed by atoms with van der Waals surface area (Å²) in [7, 11) is 0. The van der Waals surface area contributed by atoms with E-state index in [9.17, 15) is 5.11 Å². The molecule has 0 aliphatic heterocycles. The Labute approximate surface area is 180 Å². The van der Waals surface area contributed by atoms with Gasteiger partial charge in [0.25, 0.3) is 0 Å². The predicted molar refractivity (Wildman–Crippen MR) is 124 cm³/mol. The van der Waals surface area contributed by atoms with Crippen molar-refractivity contribution in [2.75, 3.05) is 26.2 Å². The van der Waals surface area contributed by atoms with Crippen LogP contribution in [0.1, 0.15) is 36.1 Å². The Bertz CT molecular complexity index is 886. The molecule has 3 heteroatoms. The van der Waals surface area contributed by atoms with Crippen LogP contribution in [0.4, 0.5) is 0 Å². The van der Waals surface area contributed by atoms with Gasteiger partial charge in [0.2, 0.25) is 0 Å². The van der Waals surface area contributed by atoms with Crippen molar-refractivity contribution in [1.82, 2.24) is 4.90 Å². The molecule has 0 aliphatic rings. The lowest BCUT2D eigenvalue weighted by molar-refractivity contribution is 0.0810. The molecule has 158 valence electrons. The lowest BCUT2D eigenvalue weighted by atomic mass is 9.81. The Balaban J connectivity index is 1.80. The highest BCUT2D eigenvalue weighted by molar-refractivity contribution is 5.41. The van der Waals surface area contributed by atoms with E-state index < -0.39 is 5.60 Å². The zero-order chi connectivity index (χ0) is 21.4. The summed E-state index contributed by atoms with van der Waals surface area (Å²) >= 11 is 0. The van der Waals surface area contributed by atoms with Crippen LogP contribution < -0.4 is 4.74 Å². The smallest absolute Gasteiger partial charge is 0.119 e. The highest BCUT2D eigenvalue weighted by Gasteiger charge is 2.31. The minimum absolute atomic E-state index is 0.513. The Morgan fingerprint density at radius 2 is 1.40 bits per heavy atom. The second-order valence-electron chi connectivity index (χ2n) is 7.79. The van der Waals surface area contributed by atoms with E-state index in [1.165, 1.54) is 5.56 Å². The standard InChI is InChI=1S/C27H33NO2/c1-4-28(5-2)19-20-30-26-17-15-25(16-18-26)27(29,24-9-7-6-8-10-24)21-23-13-11-22(3)12-14-23/h6-18,29H,4-5,19-21H2,1-3H3. The Kier molecular flexibility index (Phi) is 7.67. The summed E-state index contributed by atoms with van der Waals surface area (Å²) in [5.41, 5.74) is 2.97. The van der Waals surface area contributed by atoms with Crippen molar-refractivity contribution < 1.29 is 9.84 Å². The SMILES string of the molecule is CCN(CC)CCOc1ccc(C(O)(Cc2ccc(C)cc2)c2ccccc2)cc1. The molecule has 3 aromatic carbocycles. The average Bonchev–Trinajstić information content (AvgIpc) is 2.79. The normalized spacial score (nSPS) is 13.2. The highest BCUT2D eigenvalue weighted by atomic mass is 16.5. The molecule has 1 unspecified atom stereocenters. The number of likely N-dealkylation sites (N-methyl/N-ethyl adjacent to an activating group) is 1. The van der Waals surface area contributed by atoms with Gasteiger partial charge in [-0.1, -0.05) is 86.1 Å². The fourth-order valence-electron chi connectivity index (χ4n) is 3.75. The van der Waals surface area contributed by atoms with Crippen molar-refractivity contribution >= 4 is 0 Å². The molecule has 0 saturated carbocycles. The first kappa shape index (κ1) is 22.1. The second-order valence-corrected chi connectivity index (χ2v) is 7.79. The van der Waals surface area contributed by atoms with Gasteiger partial charge in [-0.05, 0) is 48.8 Å². The summed E-state index contributed by atoms with van der Waals surface area (Å²) < 4.78 is 5.92. The van der Waals surface area contributed by atoms with Gasteiger partial charge in [0.15, 0.2) is 0 Å². The fourth-order valence-corrected chi connectivity index (χ4v) is 3.75. The molecule has 1 atom stereocenters. The zero-order valence-electron chi connectivity index (χ0n) is 18.3. The van der Waals surface area contributed by atoms with E-state index in [-0.39, 0.29) is 0 Å². The third-order valence-electron chi connectivity index (χ3n) is 5.73. The minimum Gasteiger partial charge on any atom is -0.492 e. The van der Waals surface area contributed by atoms with Gasteiger partial charge in [0, 0.05) is 13.0 Å². The van der Waals surface area contributed by atoms with Gasteiger partial charge in [-0.15, -0.1) is 0 Å². The maximum Gasteiger partial charge on any atom is 0.119 e. The van der Waals surface area contributed by atoms with Crippen LogP contribution in [-0.4, -0.2) is 36.2 Å². The molecule has 0 aliphatic carbocycles. The van der Waals surface area contributed by atoms with E-state index in [1.807, 2.05) is 54.6 Å². The van der Waals surface area contributed by atoms with Crippen LogP contribution in [0.2, 0.25) is 0 Å². The molecule has 3 nitrogen and oxygen atoms in total. The van der Waals surface area contributed by atoms with Gasteiger partial charge >= 0.3 is 0 Å². The van der Waals surface area contributed by atoms with Crippen LogP contribution in [0.5, 0.6) is 5.75 Å². The van der Waals surface area contributed by atoms with Gasteiger partial charge in [0.05, 0.1) is 0 Å². The summed E-state index contributed by atoms with van der Waals surface area (Å²) in [6, 6.07) is 26.1. The van der Waals surface area contributed by atoms with Gasteiger partial charge in [0.1, 0.15) is 18.0 Å². The molecule has 0 radical (unpaired) electrons. The molecule has 0 fully saturated rings. The topological polar surface area (TPSA) is 32.7 Å². The minimum atomic E-state index is -1.10. The molecule has 1 N–H and O–H groups in total. The number of nitrogens with zero attached hydrogens (tertiary/aromatic N) is 1. The van der Waals surface area contributed by atoms with Crippen molar-refractivity contribution in [3.8, 4) is 5.75 Å². The van der Waals surface area contributed by atoms with Crippen molar-refractivity contribution in [3.05, 3.63) is 101 Å². The van der Waals surface area contributed by atoms with E-state index in [1.54, 1.807) is 0 Å². The second kappa shape index (κ2) is 10.4. The number of hydrogen-bond donors (Lipinski definition) is 1. The van der Waals surface area contributed by atoms with Crippen molar-refractivity contribution in [3.63, 3.8) is 0 Å². The van der Waals surface area contributed by atoms with Crippen LogP contribution in [0.25, 0.3) is 0 Å². The summed E-state index contributed by atoms with van der Waals surface area (Å²) in [5.74, 6) is 0.830. The number of rotatable bonds is 10. The summed E-state index contributed by atoms with van der Waals surface area (Å²) in [5, 5.41) is 11.8.